The van der Waals surface area contributed by atoms with Crippen LogP contribution in [-0.4, -0.2) is 54.0 Å². The molecule has 0 radical (unpaired) electrons. The highest BCUT2D eigenvalue weighted by atomic mass is 16.3. The highest BCUT2D eigenvalue weighted by Crippen LogP contribution is 2.26. The molecule has 0 atom stereocenters. The van der Waals surface area contributed by atoms with Crippen molar-refractivity contribution in [1.82, 2.24) is 15.5 Å². The number of rotatable bonds is 13. The van der Waals surface area contributed by atoms with Crippen molar-refractivity contribution in [3.05, 3.63) is 59.2 Å². The lowest BCUT2D eigenvalue weighted by molar-refractivity contribution is -0.122. The Morgan fingerprint density at radius 3 is 2.49 bits per heavy atom. The first-order valence-electron chi connectivity index (χ1n) is 14.3. The van der Waals surface area contributed by atoms with Gasteiger partial charge in [-0.05, 0) is 62.4 Å². The highest BCUT2D eigenvalue weighted by Gasteiger charge is 2.21. The Bertz CT molecular complexity index is 1120. The van der Waals surface area contributed by atoms with E-state index in [2.05, 4.69) is 32.7 Å². The number of anilines is 1. The van der Waals surface area contributed by atoms with Gasteiger partial charge in [0, 0.05) is 62.4 Å². The van der Waals surface area contributed by atoms with Crippen molar-refractivity contribution in [1.29, 1.82) is 0 Å². The van der Waals surface area contributed by atoms with Crippen LogP contribution in [0.5, 0.6) is 5.75 Å². The van der Waals surface area contributed by atoms with Crippen LogP contribution in [0, 0.1) is 18.8 Å². The molecule has 1 fully saturated rings. The molecular weight excluding hydrogens is 488 g/mol. The molecule has 2 aromatic carbocycles. The third kappa shape index (κ3) is 11.4. The number of para-hydroxylation sites is 1. The van der Waals surface area contributed by atoms with Gasteiger partial charge in [-0.15, -0.1) is 0 Å². The first kappa shape index (κ1) is 30.0. The van der Waals surface area contributed by atoms with Crippen LogP contribution in [0.1, 0.15) is 75.0 Å². The first-order valence-corrected chi connectivity index (χ1v) is 14.3. The molecule has 1 aliphatic rings. The molecule has 0 aliphatic carbocycles. The van der Waals surface area contributed by atoms with E-state index in [-0.39, 0.29) is 17.9 Å². The number of likely N-dealkylation sites (tertiary alicyclic amines) is 1. The number of aromatic hydroxyl groups is 1. The maximum atomic E-state index is 12.4. The summed E-state index contributed by atoms with van der Waals surface area (Å²) >= 11 is 0. The lowest BCUT2D eigenvalue weighted by atomic mass is 10.0. The van der Waals surface area contributed by atoms with Crippen LogP contribution in [0.3, 0.4) is 0 Å². The molecule has 1 saturated heterocycles. The van der Waals surface area contributed by atoms with E-state index >= 15 is 0 Å². The summed E-state index contributed by atoms with van der Waals surface area (Å²) in [4.78, 5) is 25.6. The number of carbonyl (C=O) groups is 2. The van der Waals surface area contributed by atoms with Gasteiger partial charge in [0.05, 0.1) is 6.54 Å². The molecule has 1 aliphatic heterocycles. The lowest BCUT2D eigenvalue weighted by Gasteiger charge is -2.32. The molecule has 0 bridgehead atoms. The van der Waals surface area contributed by atoms with E-state index in [9.17, 15) is 14.7 Å². The summed E-state index contributed by atoms with van der Waals surface area (Å²) in [5.74, 6) is 6.91. The number of amides is 2. The van der Waals surface area contributed by atoms with Gasteiger partial charge in [0.2, 0.25) is 11.8 Å². The van der Waals surface area contributed by atoms with Gasteiger partial charge in [0.25, 0.3) is 0 Å². The minimum absolute atomic E-state index is 0.0217. The van der Waals surface area contributed by atoms with Crippen molar-refractivity contribution in [2.75, 3.05) is 31.5 Å². The normalized spacial score (nSPS) is 13.8. The summed E-state index contributed by atoms with van der Waals surface area (Å²) in [6, 6.07) is 14.1. The second-order valence-corrected chi connectivity index (χ2v) is 10.4. The molecule has 1 heterocycles. The van der Waals surface area contributed by atoms with Gasteiger partial charge < -0.3 is 21.1 Å². The molecule has 0 aromatic heterocycles. The molecule has 2 aromatic rings. The van der Waals surface area contributed by atoms with E-state index in [1.165, 1.54) is 6.92 Å². The number of nitrogens with one attached hydrogen (secondary N) is 3. The third-order valence-electron chi connectivity index (χ3n) is 7.07. The zero-order valence-corrected chi connectivity index (χ0v) is 23.5. The Kier molecular flexibility index (Phi) is 12.7. The number of hydrogen-bond acceptors (Lipinski definition) is 5. The zero-order valence-electron chi connectivity index (χ0n) is 23.5. The number of phenols is 1. The van der Waals surface area contributed by atoms with Crippen molar-refractivity contribution in [2.24, 2.45) is 0 Å². The number of benzene rings is 2. The average molecular weight is 533 g/mol. The van der Waals surface area contributed by atoms with E-state index in [4.69, 9.17) is 0 Å². The molecule has 39 heavy (non-hydrogen) atoms. The van der Waals surface area contributed by atoms with Crippen LogP contribution in [0.4, 0.5) is 5.69 Å². The first-order chi connectivity index (χ1) is 18.9. The molecule has 3 rings (SSSR count). The number of unbranched alkanes of at least 4 members (excludes halogenated alkanes) is 4. The predicted octanol–water partition coefficient (Wildman–Crippen LogP) is 4.72. The van der Waals surface area contributed by atoms with Gasteiger partial charge in [-0.2, -0.15) is 0 Å². The van der Waals surface area contributed by atoms with Crippen molar-refractivity contribution < 1.29 is 14.7 Å². The van der Waals surface area contributed by atoms with E-state index < -0.39 is 0 Å². The number of piperidine rings is 1. The van der Waals surface area contributed by atoms with Crippen molar-refractivity contribution in [3.63, 3.8) is 0 Å². The number of aryl methyl sites for hydroxylation is 1. The SMILES string of the molecule is CC(=O)NCCCCCCCC(=O)NC1CCN(Cc2cc(C#CCNc3ccccc3)cc(C)c2O)CC1. The topological polar surface area (TPSA) is 93.7 Å². The fraction of sp³-hybridized carbons (Fsp3) is 0.500. The number of phenolic OH excluding ortho intramolecular Hbond substituents is 1. The Balaban J connectivity index is 1.36. The number of carbonyl (C=O) groups excluding carboxylic acids is 2. The lowest BCUT2D eigenvalue weighted by Crippen LogP contribution is -2.44. The van der Waals surface area contributed by atoms with Crippen LogP contribution < -0.4 is 16.0 Å². The van der Waals surface area contributed by atoms with Gasteiger partial charge >= 0.3 is 0 Å². The molecule has 7 heteroatoms. The molecule has 2 amide bonds. The van der Waals surface area contributed by atoms with Crippen LogP contribution in [0.2, 0.25) is 0 Å². The third-order valence-corrected chi connectivity index (χ3v) is 7.07. The van der Waals surface area contributed by atoms with Gasteiger partial charge in [0.1, 0.15) is 5.75 Å². The Morgan fingerprint density at radius 1 is 1.03 bits per heavy atom. The summed E-state index contributed by atoms with van der Waals surface area (Å²) in [6.45, 7) is 7.19. The maximum Gasteiger partial charge on any atom is 0.220 e. The minimum atomic E-state index is 0.0217. The van der Waals surface area contributed by atoms with E-state index in [0.717, 1.165) is 87.0 Å². The molecule has 210 valence electrons. The molecule has 0 unspecified atom stereocenters. The molecule has 0 saturated carbocycles. The summed E-state index contributed by atoms with van der Waals surface area (Å²) in [7, 11) is 0. The Hall–Kier alpha value is -3.50. The smallest absolute Gasteiger partial charge is 0.220 e. The minimum Gasteiger partial charge on any atom is -0.507 e. The summed E-state index contributed by atoms with van der Waals surface area (Å²) in [6.07, 6.45) is 7.52. The van der Waals surface area contributed by atoms with Gasteiger partial charge in [-0.25, -0.2) is 0 Å². The summed E-state index contributed by atoms with van der Waals surface area (Å²) in [5.41, 5.74) is 3.68. The second kappa shape index (κ2) is 16.5. The van der Waals surface area contributed by atoms with E-state index in [0.29, 0.717) is 25.3 Å². The zero-order chi connectivity index (χ0) is 27.9. The number of hydrogen-bond donors (Lipinski definition) is 4. The van der Waals surface area contributed by atoms with Crippen LogP contribution in [-0.2, 0) is 16.1 Å². The van der Waals surface area contributed by atoms with Gasteiger partial charge in [-0.1, -0.05) is 49.3 Å². The number of nitrogens with zero attached hydrogens (tertiary/aromatic N) is 1. The van der Waals surface area contributed by atoms with Crippen molar-refractivity contribution in [3.8, 4) is 17.6 Å². The summed E-state index contributed by atoms with van der Waals surface area (Å²) < 4.78 is 0. The second-order valence-electron chi connectivity index (χ2n) is 10.4. The Morgan fingerprint density at radius 2 is 1.74 bits per heavy atom. The fourth-order valence-electron chi connectivity index (χ4n) is 4.88. The van der Waals surface area contributed by atoms with E-state index in [1.54, 1.807) is 0 Å². The molecule has 4 N–H and O–H groups in total. The standard InChI is InChI=1S/C32H44N4O3/c1-25-22-27(12-11-19-34-29-13-7-6-8-14-29)23-28(32(25)39)24-36-20-16-30(17-21-36)35-31(38)15-9-4-3-5-10-18-33-26(2)37/h6-8,13-14,22-23,30,34,39H,3-5,9-10,15-21,24H2,1-2H3,(H,33,37)(H,35,38). The van der Waals surface area contributed by atoms with Crippen LogP contribution in [0.15, 0.2) is 42.5 Å². The van der Waals surface area contributed by atoms with E-state index in [1.807, 2.05) is 49.4 Å². The maximum absolute atomic E-state index is 12.4. The monoisotopic (exact) mass is 532 g/mol. The van der Waals surface area contributed by atoms with Gasteiger partial charge in [0.15, 0.2) is 0 Å². The van der Waals surface area contributed by atoms with Crippen LogP contribution >= 0.6 is 0 Å². The quantitative estimate of drug-likeness (QED) is 0.221. The fourth-order valence-corrected chi connectivity index (χ4v) is 4.88. The molecule has 0 spiro atoms. The summed E-state index contributed by atoms with van der Waals surface area (Å²) in [5, 5.41) is 20.0. The molecule has 7 nitrogen and oxygen atoms in total. The highest BCUT2D eigenvalue weighted by molar-refractivity contribution is 5.76. The average Bonchev–Trinajstić information content (AvgIpc) is 2.92. The van der Waals surface area contributed by atoms with Crippen molar-refractivity contribution in [2.45, 2.75) is 77.8 Å². The van der Waals surface area contributed by atoms with Crippen molar-refractivity contribution >= 4 is 17.5 Å². The van der Waals surface area contributed by atoms with Gasteiger partial charge in [-0.3, -0.25) is 14.5 Å². The Labute approximate surface area is 233 Å². The largest absolute Gasteiger partial charge is 0.507 e. The predicted molar refractivity (Wildman–Crippen MR) is 157 cm³/mol. The van der Waals surface area contributed by atoms with Crippen LogP contribution in [0.25, 0.3) is 0 Å². The molecular formula is C32H44N4O3.